The summed E-state index contributed by atoms with van der Waals surface area (Å²) < 4.78 is 7.28. The van der Waals surface area contributed by atoms with E-state index in [1.165, 1.54) is 0 Å². The molecule has 2 aromatic heterocycles. The molecule has 1 N–H and O–H groups in total. The summed E-state index contributed by atoms with van der Waals surface area (Å²) in [4.78, 5) is 25.9. The number of ketones is 1. The number of ether oxygens (including phenoxy) is 1. The quantitative estimate of drug-likeness (QED) is 0.435. The van der Waals surface area contributed by atoms with Gasteiger partial charge in [0.1, 0.15) is 11.6 Å². The van der Waals surface area contributed by atoms with E-state index in [0.29, 0.717) is 29.2 Å². The number of amides is 1. The van der Waals surface area contributed by atoms with Gasteiger partial charge < -0.3 is 10.1 Å². The Hall–Kier alpha value is -3.71. The van der Waals surface area contributed by atoms with E-state index in [2.05, 4.69) is 10.4 Å². The van der Waals surface area contributed by atoms with Crippen molar-refractivity contribution in [2.45, 2.75) is 6.54 Å². The molecule has 4 rings (SSSR count). The van der Waals surface area contributed by atoms with Crippen molar-refractivity contribution in [1.82, 2.24) is 9.78 Å². The highest BCUT2D eigenvalue weighted by atomic mass is 32.1. The minimum absolute atomic E-state index is 0.0566. The summed E-state index contributed by atoms with van der Waals surface area (Å²) in [5.41, 5.74) is 1.19. The smallest absolute Gasteiger partial charge is 0.263 e. The molecule has 2 aromatic carbocycles. The zero-order chi connectivity index (χ0) is 20.8. The molecular weight excluding hydrogens is 398 g/mol. The summed E-state index contributed by atoms with van der Waals surface area (Å²) in [6.07, 6.45) is 1.65. The van der Waals surface area contributed by atoms with Crippen LogP contribution in [0.3, 0.4) is 0 Å². The Kier molecular flexibility index (Phi) is 6.01. The Balaban J connectivity index is 1.31. The van der Waals surface area contributed by atoms with Gasteiger partial charge in [-0.05, 0) is 35.7 Å². The third-order valence-corrected chi connectivity index (χ3v) is 5.25. The summed E-state index contributed by atoms with van der Waals surface area (Å²) in [7, 11) is 0. The lowest BCUT2D eigenvalue weighted by Gasteiger charge is -2.10. The second kappa shape index (κ2) is 9.19. The van der Waals surface area contributed by atoms with Crippen LogP contribution in [-0.2, 0) is 11.3 Å². The minimum atomic E-state index is -0.285. The maximum atomic E-state index is 12.4. The Morgan fingerprint density at radius 1 is 0.933 bits per heavy atom. The molecule has 150 valence electrons. The molecule has 30 heavy (non-hydrogen) atoms. The zero-order valence-electron chi connectivity index (χ0n) is 16.0. The fourth-order valence-corrected chi connectivity index (χ4v) is 3.59. The molecular formula is C23H19N3O3S. The van der Waals surface area contributed by atoms with Crippen LogP contribution in [0.4, 0.5) is 5.82 Å². The van der Waals surface area contributed by atoms with E-state index in [0.717, 1.165) is 4.88 Å². The second-order valence-corrected chi connectivity index (χ2v) is 7.54. The third-order valence-electron chi connectivity index (χ3n) is 4.39. The molecule has 0 aliphatic rings. The van der Waals surface area contributed by atoms with Crippen LogP contribution in [0, 0.1) is 0 Å². The number of carbonyl (C=O) groups is 2. The minimum Gasteiger partial charge on any atom is -0.484 e. The van der Waals surface area contributed by atoms with E-state index >= 15 is 0 Å². The van der Waals surface area contributed by atoms with Crippen molar-refractivity contribution in [3.8, 4) is 5.75 Å². The van der Waals surface area contributed by atoms with E-state index < -0.39 is 0 Å². The number of hydrogen-bond acceptors (Lipinski definition) is 5. The van der Waals surface area contributed by atoms with Crippen molar-refractivity contribution in [3.63, 3.8) is 0 Å². The van der Waals surface area contributed by atoms with Crippen LogP contribution in [0.2, 0.25) is 0 Å². The highest BCUT2D eigenvalue weighted by Gasteiger charge is 2.11. The number of benzene rings is 2. The zero-order valence-corrected chi connectivity index (χ0v) is 16.8. The molecule has 0 saturated carbocycles. The van der Waals surface area contributed by atoms with Crippen LogP contribution in [-0.4, -0.2) is 28.1 Å². The molecule has 0 spiro atoms. The first-order valence-corrected chi connectivity index (χ1v) is 10.2. The van der Waals surface area contributed by atoms with Gasteiger partial charge in [0.15, 0.2) is 12.4 Å². The highest BCUT2D eigenvalue weighted by molar-refractivity contribution is 7.09. The van der Waals surface area contributed by atoms with E-state index in [9.17, 15) is 9.59 Å². The average Bonchev–Trinajstić information content (AvgIpc) is 3.45. The van der Waals surface area contributed by atoms with E-state index in [1.807, 2.05) is 35.7 Å². The molecule has 0 aliphatic heterocycles. The molecule has 6 nitrogen and oxygen atoms in total. The topological polar surface area (TPSA) is 73.2 Å². The number of anilines is 1. The molecule has 0 saturated heterocycles. The standard InChI is InChI=1S/C23H19N3O3S/c27-22(25-21-12-13-24-26(21)15-20-7-4-14-30-20)16-29-19-10-8-18(9-11-19)23(28)17-5-2-1-3-6-17/h1-14H,15-16H2,(H,25,27). The SMILES string of the molecule is O=C(COc1ccc(C(=O)c2ccccc2)cc1)Nc1ccnn1Cc1cccs1. The van der Waals surface area contributed by atoms with Gasteiger partial charge in [-0.2, -0.15) is 5.10 Å². The molecule has 4 aromatic rings. The third kappa shape index (κ3) is 4.82. The lowest BCUT2D eigenvalue weighted by atomic mass is 10.0. The van der Waals surface area contributed by atoms with Gasteiger partial charge >= 0.3 is 0 Å². The number of nitrogens with one attached hydrogen (secondary N) is 1. The highest BCUT2D eigenvalue weighted by Crippen LogP contribution is 2.17. The van der Waals surface area contributed by atoms with Crippen molar-refractivity contribution < 1.29 is 14.3 Å². The van der Waals surface area contributed by atoms with Gasteiger partial charge in [-0.25, -0.2) is 4.68 Å². The van der Waals surface area contributed by atoms with Crippen LogP contribution in [0.15, 0.2) is 84.4 Å². The predicted octanol–water partition coefficient (Wildman–Crippen LogP) is 4.24. The van der Waals surface area contributed by atoms with Gasteiger partial charge in [0.2, 0.25) is 0 Å². The summed E-state index contributed by atoms with van der Waals surface area (Å²) in [5.74, 6) is 0.786. The molecule has 0 aliphatic carbocycles. The maximum absolute atomic E-state index is 12.4. The van der Waals surface area contributed by atoms with E-state index in [4.69, 9.17) is 4.74 Å². The molecule has 2 heterocycles. The monoisotopic (exact) mass is 417 g/mol. The van der Waals surface area contributed by atoms with Crippen LogP contribution >= 0.6 is 11.3 Å². The fraction of sp³-hybridized carbons (Fsp3) is 0.0870. The van der Waals surface area contributed by atoms with Gasteiger partial charge in [-0.3, -0.25) is 9.59 Å². The number of thiophene rings is 1. The van der Waals surface area contributed by atoms with Crippen LogP contribution in [0.1, 0.15) is 20.8 Å². The van der Waals surface area contributed by atoms with E-state index in [-0.39, 0.29) is 18.3 Å². The Bertz CT molecular complexity index is 1120. The summed E-state index contributed by atoms with van der Waals surface area (Å²) in [6, 6.07) is 21.6. The summed E-state index contributed by atoms with van der Waals surface area (Å²) in [6.45, 7) is 0.453. The van der Waals surface area contributed by atoms with Crippen LogP contribution in [0.5, 0.6) is 5.75 Å². The predicted molar refractivity (Wildman–Crippen MR) is 116 cm³/mol. The van der Waals surface area contributed by atoms with Gasteiger partial charge in [0.25, 0.3) is 5.91 Å². The lowest BCUT2D eigenvalue weighted by Crippen LogP contribution is -2.22. The Morgan fingerprint density at radius 3 is 2.43 bits per heavy atom. The van der Waals surface area contributed by atoms with Crippen LogP contribution < -0.4 is 10.1 Å². The lowest BCUT2D eigenvalue weighted by molar-refractivity contribution is -0.118. The maximum Gasteiger partial charge on any atom is 0.263 e. The number of carbonyl (C=O) groups excluding carboxylic acids is 2. The normalized spacial score (nSPS) is 10.5. The van der Waals surface area contributed by atoms with Crippen molar-refractivity contribution in [3.05, 3.63) is 100 Å². The number of aromatic nitrogens is 2. The first-order chi connectivity index (χ1) is 14.7. The van der Waals surface area contributed by atoms with Gasteiger partial charge in [-0.1, -0.05) is 36.4 Å². The molecule has 7 heteroatoms. The summed E-state index contributed by atoms with van der Waals surface area (Å²) in [5, 5.41) is 9.06. The van der Waals surface area contributed by atoms with Crippen molar-refractivity contribution in [1.29, 1.82) is 0 Å². The van der Waals surface area contributed by atoms with Crippen molar-refractivity contribution >= 4 is 28.8 Å². The molecule has 0 fully saturated rings. The molecule has 0 unspecified atom stereocenters. The number of rotatable bonds is 8. The molecule has 0 radical (unpaired) electrons. The van der Waals surface area contributed by atoms with Crippen LogP contribution in [0.25, 0.3) is 0 Å². The fourth-order valence-electron chi connectivity index (χ4n) is 2.90. The largest absolute Gasteiger partial charge is 0.484 e. The molecule has 0 atom stereocenters. The molecule has 1 amide bonds. The van der Waals surface area contributed by atoms with Crippen molar-refractivity contribution in [2.24, 2.45) is 0 Å². The second-order valence-electron chi connectivity index (χ2n) is 6.51. The number of hydrogen-bond donors (Lipinski definition) is 1. The summed E-state index contributed by atoms with van der Waals surface area (Å²) >= 11 is 1.64. The number of nitrogens with zero attached hydrogens (tertiary/aromatic N) is 2. The molecule has 0 bridgehead atoms. The van der Waals surface area contributed by atoms with Crippen molar-refractivity contribution in [2.75, 3.05) is 11.9 Å². The van der Waals surface area contributed by atoms with Gasteiger partial charge in [0.05, 0.1) is 12.7 Å². The Morgan fingerprint density at radius 2 is 1.70 bits per heavy atom. The first-order valence-electron chi connectivity index (χ1n) is 9.36. The van der Waals surface area contributed by atoms with E-state index in [1.54, 1.807) is 64.7 Å². The first kappa shape index (κ1) is 19.6. The van der Waals surface area contributed by atoms with Gasteiger partial charge in [0, 0.05) is 22.1 Å². The Labute approximate surface area is 177 Å². The average molecular weight is 417 g/mol. The van der Waals surface area contributed by atoms with Gasteiger partial charge in [-0.15, -0.1) is 11.3 Å².